The number of amides is 2. The topological polar surface area (TPSA) is 162 Å². The molecule has 0 spiro atoms. The van der Waals surface area contributed by atoms with E-state index in [1.165, 1.54) is 11.3 Å². The van der Waals surface area contributed by atoms with Crippen molar-refractivity contribution in [3.05, 3.63) is 45.9 Å². The standard InChI is InChI=1S/C19H26N7O4S/c1-12(2)7-9-21-18(28)15(4-3-8-22-19(20)25-26(29)30)24-17(27)13-5-6-14-16(10-13)31-11-23-14/h5-6,9-12,15H,3-4,7-8H2,1-2H3,(H,21,28)(H,24,27)(H3,20,22,25)/t15-/m0/s1. The molecule has 1 radical (unpaired) electrons. The van der Waals surface area contributed by atoms with Crippen LogP contribution < -0.4 is 21.4 Å². The van der Waals surface area contributed by atoms with Crippen LogP contribution in [0.3, 0.4) is 0 Å². The second kappa shape index (κ2) is 11.8. The van der Waals surface area contributed by atoms with E-state index in [1.807, 2.05) is 13.8 Å². The number of nitro groups is 1. The van der Waals surface area contributed by atoms with Crippen molar-refractivity contribution in [3.8, 4) is 0 Å². The van der Waals surface area contributed by atoms with Gasteiger partial charge < -0.3 is 16.0 Å². The highest BCUT2D eigenvalue weighted by molar-refractivity contribution is 7.16. The van der Waals surface area contributed by atoms with E-state index >= 15 is 0 Å². The van der Waals surface area contributed by atoms with Crippen molar-refractivity contribution in [1.29, 1.82) is 5.41 Å². The molecule has 0 bridgehead atoms. The Hall–Kier alpha value is -3.28. The van der Waals surface area contributed by atoms with E-state index in [2.05, 4.69) is 20.9 Å². The van der Waals surface area contributed by atoms with Crippen LogP contribution in [0.15, 0.2) is 23.7 Å². The molecule has 31 heavy (non-hydrogen) atoms. The lowest BCUT2D eigenvalue weighted by Gasteiger charge is -2.19. The van der Waals surface area contributed by atoms with E-state index in [0.29, 0.717) is 24.3 Å². The highest BCUT2D eigenvalue weighted by atomic mass is 32.1. The van der Waals surface area contributed by atoms with Crippen molar-refractivity contribution in [3.63, 3.8) is 0 Å². The Morgan fingerprint density at radius 2 is 2.13 bits per heavy atom. The lowest BCUT2D eigenvalue weighted by atomic mass is 10.1. The summed E-state index contributed by atoms with van der Waals surface area (Å²) in [5, 5.41) is 24.9. The fraction of sp³-hybridized carbons (Fsp3) is 0.421. The van der Waals surface area contributed by atoms with Gasteiger partial charge in [0, 0.05) is 18.7 Å². The number of hydrogen-bond donors (Lipinski definition) is 5. The van der Waals surface area contributed by atoms with Gasteiger partial charge in [-0.3, -0.25) is 15.0 Å². The maximum Gasteiger partial charge on any atom is 0.251 e. The lowest BCUT2D eigenvalue weighted by Crippen LogP contribution is -2.46. The normalized spacial score (nSPS) is 11.7. The lowest BCUT2D eigenvalue weighted by molar-refractivity contribution is -0.525. The second-order valence-corrected chi connectivity index (χ2v) is 8.10. The first-order chi connectivity index (χ1) is 14.8. The summed E-state index contributed by atoms with van der Waals surface area (Å²) >= 11 is 1.42. The molecule has 0 unspecified atom stereocenters. The fourth-order valence-corrected chi connectivity index (χ4v) is 3.37. The first-order valence-electron chi connectivity index (χ1n) is 9.76. The molecule has 2 rings (SSSR count). The van der Waals surface area contributed by atoms with Gasteiger partial charge in [-0.1, -0.05) is 19.3 Å². The zero-order valence-corrected chi connectivity index (χ0v) is 18.1. The van der Waals surface area contributed by atoms with Gasteiger partial charge in [0.15, 0.2) is 5.03 Å². The summed E-state index contributed by atoms with van der Waals surface area (Å²) in [5.41, 5.74) is 4.62. The number of hydrogen-bond acceptors (Lipinski definition) is 7. The molecule has 2 amide bonds. The molecule has 1 heterocycles. The zero-order valence-electron chi connectivity index (χ0n) is 17.3. The van der Waals surface area contributed by atoms with Crippen LogP contribution in [0.4, 0.5) is 0 Å². The quantitative estimate of drug-likeness (QED) is 0.115. The number of aromatic nitrogens is 1. The van der Waals surface area contributed by atoms with Crippen molar-refractivity contribution >= 4 is 39.3 Å². The molecule has 0 aliphatic rings. The van der Waals surface area contributed by atoms with Gasteiger partial charge in [-0.05, 0) is 43.4 Å². The number of nitrogens with one attached hydrogen (secondary N) is 5. The highest BCUT2D eigenvalue weighted by Gasteiger charge is 2.21. The Kier molecular flexibility index (Phi) is 9.13. The van der Waals surface area contributed by atoms with E-state index in [0.717, 1.165) is 10.2 Å². The van der Waals surface area contributed by atoms with Crippen LogP contribution >= 0.6 is 11.3 Å². The fourth-order valence-electron chi connectivity index (χ4n) is 2.65. The van der Waals surface area contributed by atoms with Gasteiger partial charge in [0.25, 0.3) is 11.9 Å². The number of rotatable bonds is 11. The average molecular weight is 449 g/mol. The number of benzene rings is 1. The Bertz CT molecular complexity index is 931. The molecule has 1 aromatic heterocycles. The van der Waals surface area contributed by atoms with E-state index < -0.39 is 17.0 Å². The second-order valence-electron chi connectivity index (χ2n) is 7.22. The monoisotopic (exact) mass is 448 g/mol. The summed E-state index contributed by atoms with van der Waals surface area (Å²) in [4.78, 5) is 39.8. The van der Waals surface area contributed by atoms with Crippen molar-refractivity contribution in [1.82, 2.24) is 26.4 Å². The molecule has 1 atom stereocenters. The first kappa shape index (κ1) is 24.0. The Morgan fingerprint density at radius 3 is 2.84 bits per heavy atom. The molecular weight excluding hydrogens is 422 g/mol. The summed E-state index contributed by atoms with van der Waals surface area (Å²) in [6.45, 7) is 5.94. The number of thiazole rings is 1. The average Bonchev–Trinajstić information content (AvgIpc) is 3.17. The summed E-state index contributed by atoms with van der Waals surface area (Å²) in [6.07, 6.45) is 1.38. The van der Waals surface area contributed by atoms with Gasteiger partial charge in [0.05, 0.1) is 15.7 Å². The number of hydrazine groups is 1. The Morgan fingerprint density at radius 1 is 1.35 bits per heavy atom. The smallest absolute Gasteiger partial charge is 0.251 e. The number of carbonyl (C=O) groups excluding carboxylic acids is 2. The first-order valence-corrected chi connectivity index (χ1v) is 10.6. The van der Waals surface area contributed by atoms with Crippen LogP contribution in [0, 0.1) is 28.0 Å². The predicted molar refractivity (Wildman–Crippen MR) is 118 cm³/mol. The van der Waals surface area contributed by atoms with Gasteiger partial charge in [0.2, 0.25) is 5.91 Å². The molecule has 1 aromatic carbocycles. The van der Waals surface area contributed by atoms with Crippen molar-refractivity contribution in [2.24, 2.45) is 5.92 Å². The van der Waals surface area contributed by atoms with Crippen molar-refractivity contribution < 1.29 is 14.6 Å². The Labute approximate surface area is 183 Å². The third-order valence-electron chi connectivity index (χ3n) is 4.22. The molecule has 167 valence electrons. The SMILES string of the molecule is CC(C)C[CH]NC(=O)[C@H](CCCNC(=N)N[N+](=O)[O-])NC(=O)c1ccc2ncsc2c1. The largest absolute Gasteiger partial charge is 0.352 e. The van der Waals surface area contributed by atoms with Gasteiger partial charge in [-0.25, -0.2) is 15.1 Å². The van der Waals surface area contributed by atoms with Crippen LogP contribution in [0.25, 0.3) is 10.2 Å². The maximum absolute atomic E-state index is 12.7. The van der Waals surface area contributed by atoms with E-state index in [4.69, 9.17) is 5.41 Å². The minimum absolute atomic E-state index is 0.224. The molecule has 0 saturated carbocycles. The molecule has 0 aliphatic carbocycles. The number of nitrogens with zero attached hydrogens (tertiary/aromatic N) is 2. The number of guanidine groups is 1. The number of carbonyl (C=O) groups is 2. The van der Waals surface area contributed by atoms with E-state index in [1.54, 1.807) is 35.7 Å². The van der Waals surface area contributed by atoms with Crippen LogP contribution in [0.1, 0.15) is 43.5 Å². The van der Waals surface area contributed by atoms with Gasteiger partial charge in [0.1, 0.15) is 6.04 Å². The summed E-state index contributed by atoms with van der Waals surface area (Å²) < 4.78 is 0.875. The molecule has 2 aromatic rings. The minimum Gasteiger partial charge on any atom is -0.352 e. The molecule has 12 heteroatoms. The molecular formula is C19H26N7O4S. The van der Waals surface area contributed by atoms with E-state index in [-0.39, 0.29) is 24.8 Å². The minimum atomic E-state index is -0.837. The molecule has 0 saturated heterocycles. The predicted octanol–water partition coefficient (Wildman–Crippen LogP) is 1.80. The van der Waals surface area contributed by atoms with Gasteiger partial charge in [-0.15, -0.1) is 11.3 Å². The summed E-state index contributed by atoms with van der Waals surface area (Å²) in [7, 11) is 0. The maximum atomic E-state index is 12.7. The highest BCUT2D eigenvalue weighted by Crippen LogP contribution is 2.19. The Balaban J connectivity index is 1.96. The van der Waals surface area contributed by atoms with Crippen molar-refractivity contribution in [2.75, 3.05) is 6.54 Å². The molecule has 0 fully saturated rings. The third-order valence-corrected chi connectivity index (χ3v) is 5.02. The van der Waals surface area contributed by atoms with E-state index in [9.17, 15) is 19.7 Å². The molecule has 0 aliphatic heterocycles. The zero-order chi connectivity index (χ0) is 22.8. The molecule has 5 N–H and O–H groups in total. The van der Waals surface area contributed by atoms with Crippen LogP contribution in [0.2, 0.25) is 0 Å². The summed E-state index contributed by atoms with van der Waals surface area (Å²) in [5.74, 6) is -0.789. The van der Waals surface area contributed by atoms with Gasteiger partial charge >= 0.3 is 0 Å². The van der Waals surface area contributed by atoms with Crippen LogP contribution in [-0.4, -0.2) is 40.4 Å². The van der Waals surface area contributed by atoms with Crippen LogP contribution in [0.5, 0.6) is 0 Å². The number of fused-ring (bicyclic) bond motifs is 1. The van der Waals surface area contributed by atoms with Crippen LogP contribution in [-0.2, 0) is 4.79 Å². The van der Waals surface area contributed by atoms with Crippen molar-refractivity contribution in [2.45, 2.75) is 39.2 Å². The third kappa shape index (κ3) is 8.16. The molecule has 11 nitrogen and oxygen atoms in total. The van der Waals surface area contributed by atoms with Gasteiger partial charge in [-0.2, -0.15) is 0 Å². The summed E-state index contributed by atoms with van der Waals surface area (Å²) in [6, 6.07) is 4.34.